The number of aliphatic hydroxyl groups excluding tert-OH is 1. The number of ether oxygens (including phenoxy) is 1. The topological polar surface area (TPSA) is 29.5 Å². The van der Waals surface area contributed by atoms with Gasteiger partial charge in [-0.1, -0.05) is 35.4 Å². The van der Waals surface area contributed by atoms with Crippen LogP contribution in [0.4, 0.5) is 0 Å². The maximum absolute atomic E-state index is 10.3. The molecule has 1 heterocycles. The van der Waals surface area contributed by atoms with E-state index in [1.54, 1.807) is 0 Å². The lowest BCUT2D eigenvalue weighted by atomic mass is 9.94. The third-order valence-electron chi connectivity index (χ3n) is 3.45. The second kappa shape index (κ2) is 4.87. The number of aliphatic hydroxyl groups is 1. The molecule has 0 aromatic heterocycles. The fourth-order valence-corrected chi connectivity index (χ4v) is 2.68. The van der Waals surface area contributed by atoms with Crippen molar-refractivity contribution in [2.75, 3.05) is 0 Å². The highest BCUT2D eigenvalue weighted by Gasteiger charge is 2.28. The Labute approximate surface area is 117 Å². The molecule has 0 spiro atoms. The zero-order valence-electron chi connectivity index (χ0n) is 10.6. The lowest BCUT2D eigenvalue weighted by molar-refractivity contribution is 0.0657. The molecule has 2 aromatic rings. The van der Waals surface area contributed by atoms with Crippen LogP contribution in [0.1, 0.15) is 35.3 Å². The first-order valence-corrected chi connectivity index (χ1v) is 6.72. The van der Waals surface area contributed by atoms with Gasteiger partial charge >= 0.3 is 0 Å². The standard InChI is InChI=1S/C16H15ClO2/c1-10-5-6-15-13(7-10)14(18)9-16(19-15)11-3-2-4-12(17)8-11/h2-8,14,16,18H,9H2,1H3/t14-,16?/m1/s1. The fourth-order valence-electron chi connectivity index (χ4n) is 2.48. The van der Waals surface area contributed by atoms with E-state index in [2.05, 4.69) is 0 Å². The van der Waals surface area contributed by atoms with Gasteiger partial charge in [0, 0.05) is 17.0 Å². The minimum atomic E-state index is -0.493. The van der Waals surface area contributed by atoms with Crippen molar-refractivity contribution >= 4 is 11.6 Å². The predicted octanol–water partition coefficient (Wildman–Crippen LogP) is 4.21. The molecule has 1 N–H and O–H groups in total. The van der Waals surface area contributed by atoms with E-state index in [9.17, 15) is 5.11 Å². The molecule has 0 aliphatic carbocycles. The Morgan fingerprint density at radius 1 is 1.21 bits per heavy atom. The van der Waals surface area contributed by atoms with Crippen LogP contribution in [-0.2, 0) is 0 Å². The minimum Gasteiger partial charge on any atom is -0.485 e. The zero-order chi connectivity index (χ0) is 13.4. The van der Waals surface area contributed by atoms with Crippen molar-refractivity contribution in [2.45, 2.75) is 25.6 Å². The van der Waals surface area contributed by atoms with Gasteiger partial charge in [-0.25, -0.2) is 0 Å². The lowest BCUT2D eigenvalue weighted by Crippen LogP contribution is -2.19. The molecule has 0 saturated carbocycles. The van der Waals surface area contributed by atoms with Crippen molar-refractivity contribution in [1.82, 2.24) is 0 Å². The molecule has 1 unspecified atom stereocenters. The van der Waals surface area contributed by atoms with Crippen molar-refractivity contribution in [1.29, 1.82) is 0 Å². The zero-order valence-corrected chi connectivity index (χ0v) is 11.4. The van der Waals surface area contributed by atoms with E-state index in [-0.39, 0.29) is 6.10 Å². The minimum absolute atomic E-state index is 0.149. The summed E-state index contributed by atoms with van der Waals surface area (Å²) in [7, 11) is 0. The highest BCUT2D eigenvalue weighted by molar-refractivity contribution is 6.30. The Morgan fingerprint density at radius 3 is 2.84 bits per heavy atom. The van der Waals surface area contributed by atoms with Gasteiger partial charge < -0.3 is 9.84 Å². The first kappa shape index (κ1) is 12.5. The van der Waals surface area contributed by atoms with Gasteiger partial charge in [0.2, 0.25) is 0 Å². The molecule has 0 saturated heterocycles. The molecule has 2 nitrogen and oxygen atoms in total. The molecule has 2 aromatic carbocycles. The first-order chi connectivity index (χ1) is 9.13. The molecule has 3 rings (SSSR count). The highest BCUT2D eigenvalue weighted by atomic mass is 35.5. The van der Waals surface area contributed by atoms with Crippen molar-refractivity contribution < 1.29 is 9.84 Å². The average Bonchev–Trinajstić information content (AvgIpc) is 2.39. The van der Waals surface area contributed by atoms with Gasteiger partial charge in [0.1, 0.15) is 11.9 Å². The second-order valence-electron chi connectivity index (χ2n) is 4.95. The van der Waals surface area contributed by atoms with Gasteiger partial charge in [-0.15, -0.1) is 0 Å². The summed E-state index contributed by atoms with van der Waals surface area (Å²) < 4.78 is 5.98. The molecular weight excluding hydrogens is 260 g/mol. The Morgan fingerprint density at radius 2 is 2.05 bits per heavy atom. The normalized spacial score (nSPS) is 21.6. The van der Waals surface area contributed by atoms with Crippen LogP contribution in [0.2, 0.25) is 5.02 Å². The summed E-state index contributed by atoms with van der Waals surface area (Å²) in [5, 5.41) is 11.0. The third-order valence-corrected chi connectivity index (χ3v) is 3.69. The summed E-state index contributed by atoms with van der Waals surface area (Å²) in [6, 6.07) is 13.5. The molecule has 1 aliphatic heterocycles. The summed E-state index contributed by atoms with van der Waals surface area (Å²) in [6.07, 6.45) is -0.0897. The second-order valence-corrected chi connectivity index (χ2v) is 5.39. The Bertz CT molecular complexity index is 609. The van der Waals surface area contributed by atoms with Crippen LogP contribution in [0, 0.1) is 6.92 Å². The number of aryl methyl sites for hydroxylation is 1. The predicted molar refractivity (Wildman–Crippen MR) is 75.6 cm³/mol. The summed E-state index contributed by atoms with van der Waals surface area (Å²) in [6.45, 7) is 2.01. The number of benzene rings is 2. The van der Waals surface area contributed by atoms with Crippen LogP contribution in [-0.4, -0.2) is 5.11 Å². The van der Waals surface area contributed by atoms with Crippen LogP contribution in [0.5, 0.6) is 5.75 Å². The third kappa shape index (κ3) is 2.46. The fraction of sp³-hybridized carbons (Fsp3) is 0.250. The highest BCUT2D eigenvalue weighted by Crippen LogP contribution is 2.41. The van der Waals surface area contributed by atoms with E-state index >= 15 is 0 Å². The van der Waals surface area contributed by atoms with Crippen molar-refractivity contribution in [3.8, 4) is 5.75 Å². The van der Waals surface area contributed by atoms with Crippen LogP contribution in [0.25, 0.3) is 0 Å². The van der Waals surface area contributed by atoms with Gasteiger partial charge in [0.25, 0.3) is 0 Å². The van der Waals surface area contributed by atoms with Gasteiger partial charge in [-0.2, -0.15) is 0 Å². The van der Waals surface area contributed by atoms with Crippen molar-refractivity contribution in [3.63, 3.8) is 0 Å². The van der Waals surface area contributed by atoms with E-state index in [4.69, 9.17) is 16.3 Å². The molecule has 0 radical (unpaired) electrons. The molecule has 1 aliphatic rings. The maximum atomic E-state index is 10.3. The molecule has 98 valence electrons. The number of hydrogen-bond acceptors (Lipinski definition) is 2. The van der Waals surface area contributed by atoms with Gasteiger partial charge in [-0.3, -0.25) is 0 Å². The molecule has 3 heteroatoms. The maximum Gasteiger partial charge on any atom is 0.127 e. The Balaban J connectivity index is 1.95. The smallest absolute Gasteiger partial charge is 0.127 e. The lowest BCUT2D eigenvalue weighted by Gasteiger charge is -2.30. The van der Waals surface area contributed by atoms with E-state index in [0.717, 1.165) is 22.4 Å². The van der Waals surface area contributed by atoms with Gasteiger partial charge in [-0.05, 0) is 36.8 Å². The summed E-state index contributed by atoms with van der Waals surface area (Å²) in [5.74, 6) is 0.759. The molecule has 0 amide bonds. The summed E-state index contributed by atoms with van der Waals surface area (Å²) >= 11 is 6.00. The van der Waals surface area contributed by atoms with E-state index in [1.165, 1.54) is 0 Å². The van der Waals surface area contributed by atoms with Crippen molar-refractivity contribution in [2.24, 2.45) is 0 Å². The van der Waals surface area contributed by atoms with Crippen molar-refractivity contribution in [3.05, 3.63) is 64.2 Å². The van der Waals surface area contributed by atoms with E-state index in [1.807, 2.05) is 49.4 Å². The SMILES string of the molecule is Cc1ccc2c(c1)[C@H](O)CC(c1cccc(Cl)c1)O2. The van der Waals surface area contributed by atoms with Crippen LogP contribution < -0.4 is 4.74 Å². The van der Waals surface area contributed by atoms with Crippen LogP contribution in [0.15, 0.2) is 42.5 Å². The largest absolute Gasteiger partial charge is 0.485 e. The van der Waals surface area contributed by atoms with Crippen LogP contribution in [0.3, 0.4) is 0 Å². The number of hydrogen-bond donors (Lipinski definition) is 1. The van der Waals surface area contributed by atoms with E-state index < -0.39 is 6.10 Å². The number of halogens is 1. The summed E-state index contributed by atoms with van der Waals surface area (Å²) in [5.41, 5.74) is 3.00. The van der Waals surface area contributed by atoms with Crippen LogP contribution >= 0.6 is 11.6 Å². The van der Waals surface area contributed by atoms with E-state index in [0.29, 0.717) is 11.4 Å². The monoisotopic (exact) mass is 274 g/mol. The van der Waals surface area contributed by atoms with Gasteiger partial charge in [0.15, 0.2) is 0 Å². The molecular formula is C16H15ClO2. The molecule has 2 atom stereocenters. The molecule has 0 fully saturated rings. The molecule has 19 heavy (non-hydrogen) atoms. The van der Waals surface area contributed by atoms with Gasteiger partial charge in [0.05, 0.1) is 6.10 Å². The number of fused-ring (bicyclic) bond motifs is 1. The number of rotatable bonds is 1. The molecule has 0 bridgehead atoms. The Hall–Kier alpha value is -1.51. The quantitative estimate of drug-likeness (QED) is 0.844. The average molecular weight is 275 g/mol. The Kier molecular flexibility index (Phi) is 3.21. The summed E-state index contributed by atoms with van der Waals surface area (Å²) in [4.78, 5) is 0. The first-order valence-electron chi connectivity index (χ1n) is 6.34.